The van der Waals surface area contributed by atoms with E-state index in [1.807, 2.05) is 22.7 Å². The van der Waals surface area contributed by atoms with Crippen molar-refractivity contribution >= 4 is 53.6 Å². The summed E-state index contributed by atoms with van der Waals surface area (Å²) in [5.41, 5.74) is 1.34. The highest BCUT2D eigenvalue weighted by Gasteiger charge is 2.10. The molecule has 0 fully saturated rings. The van der Waals surface area contributed by atoms with E-state index in [1.54, 1.807) is 0 Å². The van der Waals surface area contributed by atoms with Crippen LogP contribution in [0.3, 0.4) is 0 Å². The van der Waals surface area contributed by atoms with Crippen LogP contribution in [0.2, 0.25) is 0 Å². The third-order valence-electron chi connectivity index (χ3n) is 4.19. The van der Waals surface area contributed by atoms with E-state index in [1.165, 1.54) is 41.4 Å². The van der Waals surface area contributed by atoms with Gasteiger partial charge in [0.05, 0.1) is 0 Å². The molecule has 0 saturated heterocycles. The number of rotatable bonds is 1. The highest BCUT2D eigenvalue weighted by Crippen LogP contribution is 2.40. The molecule has 2 aromatic heterocycles. The normalized spacial score (nSPS) is 11.6. The number of benzene rings is 3. The van der Waals surface area contributed by atoms with Gasteiger partial charge in [0.2, 0.25) is 0 Å². The van der Waals surface area contributed by atoms with Gasteiger partial charge in [-0.3, -0.25) is 0 Å². The smallest absolute Gasteiger partial charge is 0.0361 e. The molecule has 5 rings (SSSR count). The number of thiophene rings is 2. The minimum atomic E-state index is 1.30. The van der Waals surface area contributed by atoms with Crippen LogP contribution in [0.5, 0.6) is 0 Å². The maximum Gasteiger partial charge on any atom is 0.0361 e. The Labute approximate surface area is 136 Å². The lowest BCUT2D eigenvalue weighted by atomic mass is 10.0. The molecular formula is C20H12S2. The molecule has 2 heteroatoms. The van der Waals surface area contributed by atoms with E-state index < -0.39 is 0 Å². The molecular weight excluding hydrogens is 304 g/mol. The van der Waals surface area contributed by atoms with Gasteiger partial charge in [-0.1, -0.05) is 42.5 Å². The van der Waals surface area contributed by atoms with Crippen LogP contribution < -0.4 is 0 Å². The van der Waals surface area contributed by atoms with Gasteiger partial charge in [0, 0.05) is 25.0 Å². The second-order valence-corrected chi connectivity index (χ2v) is 7.48. The van der Waals surface area contributed by atoms with Gasteiger partial charge < -0.3 is 0 Å². The van der Waals surface area contributed by atoms with E-state index in [0.717, 1.165) is 0 Å². The first-order chi connectivity index (χ1) is 10.9. The van der Waals surface area contributed by atoms with Crippen LogP contribution in [-0.4, -0.2) is 0 Å². The van der Waals surface area contributed by atoms with Gasteiger partial charge in [-0.2, -0.15) is 0 Å². The van der Waals surface area contributed by atoms with E-state index in [-0.39, 0.29) is 0 Å². The van der Waals surface area contributed by atoms with Crippen molar-refractivity contribution in [3.63, 3.8) is 0 Å². The Bertz CT molecular complexity index is 1120. The lowest BCUT2D eigenvalue weighted by Gasteiger charge is -2.03. The first-order valence-corrected chi connectivity index (χ1v) is 8.98. The van der Waals surface area contributed by atoms with Crippen molar-refractivity contribution in [1.82, 2.24) is 0 Å². The Kier molecular flexibility index (Phi) is 2.63. The standard InChI is InChI=1S/C20H12S2/c1-2-6-14-13(4-1)5-3-7-15(14)20-12-17-16-10-11-21-18(16)8-9-19(17)22-20/h1-12H. The Morgan fingerprint density at radius 2 is 1.50 bits per heavy atom. The van der Waals surface area contributed by atoms with Crippen molar-refractivity contribution in [2.75, 3.05) is 0 Å². The van der Waals surface area contributed by atoms with Gasteiger partial charge in [0.25, 0.3) is 0 Å². The van der Waals surface area contributed by atoms with Crippen molar-refractivity contribution in [2.24, 2.45) is 0 Å². The molecule has 0 radical (unpaired) electrons. The minimum Gasteiger partial charge on any atom is -0.144 e. The lowest BCUT2D eigenvalue weighted by molar-refractivity contribution is 1.74. The molecule has 0 unspecified atom stereocenters. The monoisotopic (exact) mass is 316 g/mol. The van der Waals surface area contributed by atoms with E-state index >= 15 is 0 Å². The minimum absolute atomic E-state index is 1.30. The Morgan fingerprint density at radius 3 is 2.50 bits per heavy atom. The van der Waals surface area contributed by atoms with Crippen LogP contribution in [0.4, 0.5) is 0 Å². The maximum absolute atomic E-state index is 2.36. The average molecular weight is 316 g/mol. The molecule has 0 N–H and O–H groups in total. The predicted molar refractivity (Wildman–Crippen MR) is 100 cm³/mol. The predicted octanol–water partition coefficient (Wildman–Crippen LogP) is 6.94. The zero-order chi connectivity index (χ0) is 14.5. The van der Waals surface area contributed by atoms with Crippen LogP contribution in [-0.2, 0) is 0 Å². The fraction of sp³-hybridized carbons (Fsp3) is 0. The van der Waals surface area contributed by atoms with Crippen LogP contribution in [0.1, 0.15) is 0 Å². The van der Waals surface area contributed by atoms with Gasteiger partial charge in [-0.25, -0.2) is 0 Å². The van der Waals surface area contributed by atoms with E-state index in [4.69, 9.17) is 0 Å². The average Bonchev–Trinajstić information content (AvgIpc) is 3.20. The zero-order valence-electron chi connectivity index (χ0n) is 11.7. The summed E-state index contributed by atoms with van der Waals surface area (Å²) >= 11 is 3.70. The molecule has 0 nitrogen and oxygen atoms in total. The SMILES string of the molecule is c1ccc2c(-c3cc4c(ccc5sccc54)s3)cccc2c1. The van der Waals surface area contributed by atoms with Crippen molar-refractivity contribution in [1.29, 1.82) is 0 Å². The summed E-state index contributed by atoms with van der Waals surface area (Å²) in [6.45, 7) is 0. The second-order valence-electron chi connectivity index (χ2n) is 5.45. The summed E-state index contributed by atoms with van der Waals surface area (Å²) in [5, 5.41) is 7.58. The molecule has 0 amide bonds. The lowest BCUT2D eigenvalue weighted by Crippen LogP contribution is -1.76. The summed E-state index contributed by atoms with van der Waals surface area (Å²) < 4.78 is 2.74. The Balaban J connectivity index is 1.85. The summed E-state index contributed by atoms with van der Waals surface area (Å²) in [7, 11) is 0. The third kappa shape index (κ3) is 1.75. The van der Waals surface area contributed by atoms with Crippen LogP contribution in [0, 0.1) is 0 Å². The van der Waals surface area contributed by atoms with E-state index in [0.29, 0.717) is 0 Å². The van der Waals surface area contributed by atoms with Crippen molar-refractivity contribution in [3.05, 3.63) is 72.1 Å². The molecule has 3 aromatic carbocycles. The molecule has 0 aliphatic carbocycles. The first-order valence-electron chi connectivity index (χ1n) is 7.28. The number of hydrogen-bond donors (Lipinski definition) is 0. The van der Waals surface area contributed by atoms with Gasteiger partial charge in [0.1, 0.15) is 0 Å². The molecule has 104 valence electrons. The van der Waals surface area contributed by atoms with Crippen LogP contribution in [0.25, 0.3) is 41.4 Å². The molecule has 0 atom stereocenters. The highest BCUT2D eigenvalue weighted by atomic mass is 32.1. The van der Waals surface area contributed by atoms with Gasteiger partial charge >= 0.3 is 0 Å². The molecule has 2 heterocycles. The van der Waals surface area contributed by atoms with Gasteiger partial charge in [-0.05, 0) is 46.0 Å². The molecule has 22 heavy (non-hydrogen) atoms. The molecule has 5 aromatic rings. The number of fused-ring (bicyclic) bond motifs is 4. The largest absolute Gasteiger partial charge is 0.144 e. The number of hydrogen-bond acceptors (Lipinski definition) is 2. The molecule has 0 saturated carbocycles. The van der Waals surface area contributed by atoms with Gasteiger partial charge in [-0.15, -0.1) is 22.7 Å². The van der Waals surface area contributed by atoms with Gasteiger partial charge in [0.15, 0.2) is 0 Å². The summed E-state index contributed by atoms with van der Waals surface area (Å²) in [4.78, 5) is 1.35. The van der Waals surface area contributed by atoms with Crippen molar-refractivity contribution < 1.29 is 0 Å². The van der Waals surface area contributed by atoms with Crippen molar-refractivity contribution in [2.45, 2.75) is 0 Å². The topological polar surface area (TPSA) is 0 Å². The molecule has 0 aliphatic rings. The summed E-state index contributed by atoms with van der Waals surface area (Å²) in [5.74, 6) is 0. The zero-order valence-corrected chi connectivity index (χ0v) is 13.4. The summed E-state index contributed by atoms with van der Waals surface area (Å²) in [6.07, 6.45) is 0. The Hall–Kier alpha value is -2.16. The van der Waals surface area contributed by atoms with E-state index in [9.17, 15) is 0 Å². The fourth-order valence-corrected chi connectivity index (χ4v) is 5.06. The van der Waals surface area contributed by atoms with Crippen LogP contribution in [0.15, 0.2) is 72.1 Å². The second kappa shape index (κ2) is 4.67. The molecule has 0 aliphatic heterocycles. The Morgan fingerprint density at radius 1 is 0.636 bits per heavy atom. The molecule has 0 spiro atoms. The third-order valence-corrected chi connectivity index (χ3v) is 6.20. The quantitative estimate of drug-likeness (QED) is 0.314. The fourth-order valence-electron chi connectivity index (χ4n) is 3.14. The highest BCUT2D eigenvalue weighted by molar-refractivity contribution is 7.23. The van der Waals surface area contributed by atoms with Crippen molar-refractivity contribution in [3.8, 4) is 10.4 Å². The van der Waals surface area contributed by atoms with E-state index in [2.05, 4.69) is 72.1 Å². The maximum atomic E-state index is 2.36. The summed E-state index contributed by atoms with van der Waals surface area (Å²) in [6, 6.07) is 24.3. The van der Waals surface area contributed by atoms with Crippen LogP contribution >= 0.6 is 22.7 Å². The molecule has 0 bridgehead atoms. The first kappa shape index (κ1) is 12.4.